The number of aryl methyl sites for hydroxylation is 3. The molecule has 1 aliphatic carbocycles. The van der Waals surface area contributed by atoms with E-state index in [4.69, 9.17) is 5.73 Å². The first-order chi connectivity index (χ1) is 14.4. The minimum Gasteiger partial charge on any atom is -0.365 e. The van der Waals surface area contributed by atoms with Crippen LogP contribution >= 0.6 is 23.1 Å². The van der Waals surface area contributed by atoms with Crippen LogP contribution in [0.25, 0.3) is 5.69 Å². The molecule has 0 aliphatic heterocycles. The van der Waals surface area contributed by atoms with Crippen molar-refractivity contribution in [1.82, 2.24) is 20.2 Å². The summed E-state index contributed by atoms with van der Waals surface area (Å²) in [5.41, 5.74) is 10.1. The average Bonchev–Trinajstić information content (AvgIpc) is 3.30. The zero-order valence-electron chi connectivity index (χ0n) is 16.8. The van der Waals surface area contributed by atoms with Gasteiger partial charge in [0.05, 0.1) is 17.0 Å². The lowest BCUT2D eigenvalue weighted by atomic mass is 9.95. The number of carbonyl (C=O) groups excluding carboxylic acids is 2. The van der Waals surface area contributed by atoms with Crippen molar-refractivity contribution < 1.29 is 9.59 Å². The van der Waals surface area contributed by atoms with Crippen molar-refractivity contribution in [3.05, 3.63) is 45.3 Å². The molecule has 0 spiro atoms. The minimum absolute atomic E-state index is 0.117. The van der Waals surface area contributed by atoms with E-state index >= 15 is 0 Å². The molecule has 2 heterocycles. The lowest BCUT2D eigenvalue weighted by Gasteiger charge is -2.11. The molecule has 3 aromatic rings. The zero-order valence-corrected chi connectivity index (χ0v) is 18.4. The second kappa shape index (κ2) is 8.57. The predicted octanol–water partition coefficient (Wildman–Crippen LogP) is 3.05. The molecule has 4 rings (SSSR count). The molecule has 0 radical (unpaired) electrons. The van der Waals surface area contributed by atoms with Gasteiger partial charge in [-0.1, -0.05) is 29.5 Å². The summed E-state index contributed by atoms with van der Waals surface area (Å²) in [4.78, 5) is 25.7. The van der Waals surface area contributed by atoms with E-state index in [1.165, 1.54) is 23.1 Å². The first kappa shape index (κ1) is 20.5. The molecule has 2 amide bonds. The summed E-state index contributed by atoms with van der Waals surface area (Å²) in [6.07, 6.45) is 3.89. The van der Waals surface area contributed by atoms with Crippen molar-refractivity contribution in [2.24, 2.45) is 5.73 Å². The maximum atomic E-state index is 12.6. The van der Waals surface area contributed by atoms with E-state index in [9.17, 15) is 9.59 Å². The molecule has 0 atom stereocenters. The number of anilines is 1. The van der Waals surface area contributed by atoms with Crippen molar-refractivity contribution in [2.45, 2.75) is 44.7 Å². The Bertz CT molecular complexity index is 1120. The van der Waals surface area contributed by atoms with E-state index in [-0.39, 0.29) is 11.7 Å². The fraction of sp³-hybridized carbons (Fsp3) is 0.350. The van der Waals surface area contributed by atoms with Gasteiger partial charge in [0.2, 0.25) is 11.1 Å². The van der Waals surface area contributed by atoms with Gasteiger partial charge in [0.15, 0.2) is 0 Å². The number of nitrogens with one attached hydrogen (secondary N) is 1. The molecule has 156 valence electrons. The maximum absolute atomic E-state index is 12.6. The molecule has 2 aromatic heterocycles. The van der Waals surface area contributed by atoms with Crippen molar-refractivity contribution >= 4 is 39.9 Å². The Kier molecular flexibility index (Phi) is 5.87. The van der Waals surface area contributed by atoms with Gasteiger partial charge in [0.25, 0.3) is 5.91 Å². The van der Waals surface area contributed by atoms with Gasteiger partial charge < -0.3 is 11.1 Å². The number of fused-ring (bicyclic) bond motifs is 1. The average molecular weight is 443 g/mol. The zero-order chi connectivity index (χ0) is 21.3. The standard InChI is InChI=1S/C20H22N6O2S2/c1-11-7-8-14(12(2)9-11)26-20(23-24-25-26)29-10-16(27)22-19-17(18(21)28)13-5-3-4-6-15(13)30-19/h7-9H,3-6,10H2,1-2H3,(H2,21,28)(H,22,27). The van der Waals surface area contributed by atoms with Crippen LogP contribution in [0.4, 0.5) is 5.00 Å². The number of amides is 2. The van der Waals surface area contributed by atoms with E-state index in [1.54, 1.807) is 4.68 Å². The second-order valence-corrected chi connectivity index (χ2v) is 9.33. The number of benzene rings is 1. The monoisotopic (exact) mass is 442 g/mol. The van der Waals surface area contributed by atoms with E-state index < -0.39 is 5.91 Å². The summed E-state index contributed by atoms with van der Waals surface area (Å²) in [5, 5.41) is 15.8. The van der Waals surface area contributed by atoms with Gasteiger partial charge in [-0.15, -0.1) is 16.4 Å². The summed E-state index contributed by atoms with van der Waals surface area (Å²) in [5.74, 6) is -0.598. The maximum Gasteiger partial charge on any atom is 0.251 e. The highest BCUT2D eigenvalue weighted by molar-refractivity contribution is 7.99. The summed E-state index contributed by atoms with van der Waals surface area (Å²) in [6, 6.07) is 6.01. The highest BCUT2D eigenvalue weighted by Gasteiger charge is 2.25. The number of tetrazole rings is 1. The number of primary amides is 1. The molecule has 0 fully saturated rings. The van der Waals surface area contributed by atoms with Crippen LogP contribution in [0, 0.1) is 13.8 Å². The van der Waals surface area contributed by atoms with Gasteiger partial charge in [-0.25, -0.2) is 0 Å². The van der Waals surface area contributed by atoms with Crippen LogP contribution in [0.5, 0.6) is 0 Å². The van der Waals surface area contributed by atoms with Gasteiger partial charge in [0, 0.05) is 4.88 Å². The highest BCUT2D eigenvalue weighted by Crippen LogP contribution is 2.38. The molecular formula is C20H22N6O2S2. The quantitative estimate of drug-likeness (QED) is 0.567. The van der Waals surface area contributed by atoms with Crippen LogP contribution in [0.2, 0.25) is 0 Å². The Balaban J connectivity index is 1.48. The summed E-state index contributed by atoms with van der Waals surface area (Å²) >= 11 is 2.70. The number of nitrogens with two attached hydrogens (primary N) is 1. The minimum atomic E-state index is -0.490. The van der Waals surface area contributed by atoms with Gasteiger partial charge in [-0.2, -0.15) is 4.68 Å². The van der Waals surface area contributed by atoms with Gasteiger partial charge >= 0.3 is 0 Å². The number of rotatable bonds is 6. The summed E-state index contributed by atoms with van der Waals surface area (Å²) < 4.78 is 1.63. The molecule has 1 aromatic carbocycles. The number of nitrogens with zero attached hydrogens (tertiary/aromatic N) is 4. The van der Waals surface area contributed by atoms with Gasteiger partial charge in [-0.05, 0) is 67.2 Å². The molecule has 30 heavy (non-hydrogen) atoms. The number of thioether (sulfide) groups is 1. The highest BCUT2D eigenvalue weighted by atomic mass is 32.2. The fourth-order valence-electron chi connectivity index (χ4n) is 3.67. The van der Waals surface area contributed by atoms with Crippen LogP contribution < -0.4 is 11.1 Å². The first-order valence-electron chi connectivity index (χ1n) is 9.67. The second-order valence-electron chi connectivity index (χ2n) is 7.28. The molecule has 0 bridgehead atoms. The number of aromatic nitrogens is 4. The van der Waals surface area contributed by atoms with Crippen LogP contribution in [0.1, 0.15) is 44.8 Å². The van der Waals surface area contributed by atoms with Crippen molar-refractivity contribution in [2.75, 3.05) is 11.1 Å². The van der Waals surface area contributed by atoms with Gasteiger partial charge in [-0.3, -0.25) is 9.59 Å². The molecule has 0 saturated heterocycles. The first-order valence-corrected chi connectivity index (χ1v) is 11.5. The summed E-state index contributed by atoms with van der Waals surface area (Å²) in [6.45, 7) is 4.02. The number of hydrogen-bond acceptors (Lipinski definition) is 7. The number of carbonyl (C=O) groups is 2. The molecule has 8 nitrogen and oxygen atoms in total. The number of thiophene rings is 1. The Labute approximate surface area is 182 Å². The smallest absolute Gasteiger partial charge is 0.251 e. The molecule has 0 saturated carbocycles. The van der Waals surface area contributed by atoms with E-state index in [0.717, 1.165) is 52.9 Å². The molecule has 1 aliphatic rings. The third kappa shape index (κ3) is 4.10. The Morgan fingerprint density at radius 2 is 2.07 bits per heavy atom. The van der Waals surface area contributed by atoms with Crippen molar-refractivity contribution in [3.8, 4) is 5.69 Å². The van der Waals surface area contributed by atoms with Crippen LogP contribution in [-0.2, 0) is 17.6 Å². The van der Waals surface area contributed by atoms with Crippen LogP contribution in [0.3, 0.4) is 0 Å². The van der Waals surface area contributed by atoms with E-state index in [2.05, 4.69) is 26.9 Å². The van der Waals surface area contributed by atoms with E-state index in [0.29, 0.717) is 15.7 Å². The molecule has 10 heteroatoms. The third-order valence-electron chi connectivity index (χ3n) is 5.02. The lowest BCUT2D eigenvalue weighted by molar-refractivity contribution is -0.113. The van der Waals surface area contributed by atoms with Crippen molar-refractivity contribution in [3.63, 3.8) is 0 Å². The van der Waals surface area contributed by atoms with Gasteiger partial charge in [0.1, 0.15) is 5.00 Å². The fourth-order valence-corrected chi connectivity index (χ4v) is 5.67. The molecule has 0 unspecified atom stereocenters. The predicted molar refractivity (Wildman–Crippen MR) is 117 cm³/mol. The SMILES string of the molecule is Cc1ccc(-n2nnnc2SCC(=O)Nc2sc3c(c2C(N)=O)CCCC3)c(C)c1. The third-order valence-corrected chi connectivity index (χ3v) is 7.15. The van der Waals surface area contributed by atoms with Crippen LogP contribution in [-0.4, -0.2) is 37.8 Å². The number of hydrogen-bond donors (Lipinski definition) is 2. The Morgan fingerprint density at radius 1 is 1.27 bits per heavy atom. The van der Waals surface area contributed by atoms with E-state index in [1.807, 2.05) is 26.0 Å². The normalized spacial score (nSPS) is 13.1. The largest absolute Gasteiger partial charge is 0.365 e. The van der Waals surface area contributed by atoms with Crippen molar-refractivity contribution in [1.29, 1.82) is 0 Å². The lowest BCUT2D eigenvalue weighted by Crippen LogP contribution is -2.19. The molecule has 3 N–H and O–H groups in total. The summed E-state index contributed by atoms with van der Waals surface area (Å²) in [7, 11) is 0. The Morgan fingerprint density at radius 3 is 2.83 bits per heavy atom. The molecular weight excluding hydrogens is 420 g/mol. The Hall–Kier alpha value is -2.72. The van der Waals surface area contributed by atoms with Crippen LogP contribution in [0.15, 0.2) is 23.4 Å². The topological polar surface area (TPSA) is 116 Å².